The topological polar surface area (TPSA) is 111 Å². The molecule has 0 N–H and O–H groups in total. The zero-order chi connectivity index (χ0) is 40.7. The van der Waals surface area contributed by atoms with Crippen LogP contribution in [-0.2, 0) is 33.3 Å². The summed E-state index contributed by atoms with van der Waals surface area (Å²) in [6.45, 7) is 4.52. The maximum atomic E-state index is 12.7. The summed E-state index contributed by atoms with van der Waals surface area (Å²) in [5.41, 5.74) is 0. The summed E-state index contributed by atoms with van der Waals surface area (Å²) in [5.74, 6) is -2.36. The molecule has 0 spiro atoms. The highest BCUT2D eigenvalue weighted by Crippen LogP contribution is 2.12. The zero-order valence-corrected chi connectivity index (χ0v) is 35.3. The molecular weight excluding hydrogens is 695 g/mol. The lowest BCUT2D eigenvalue weighted by atomic mass is 10.1. The molecule has 0 aliphatic heterocycles. The van der Waals surface area contributed by atoms with Gasteiger partial charge < -0.3 is 33.3 Å². The first-order valence-corrected chi connectivity index (χ1v) is 21.1. The number of carbonyl (C=O) groups is 3. The Balaban J connectivity index is 4.54. The van der Waals surface area contributed by atoms with Crippen molar-refractivity contribution in [3.8, 4) is 0 Å². The molecule has 9 heteroatoms. The lowest BCUT2D eigenvalue weighted by Gasteiger charge is -2.26. The van der Waals surface area contributed by atoms with Gasteiger partial charge >= 0.3 is 11.9 Å². The standard InChI is InChI=1S/C46H77NO8/c1-6-8-10-12-14-16-17-18-19-20-21-22-23-24-25-26-27-29-31-33-35-37-44(49)55-42(41-54-46(45(50)51)52-39-38-47(3,4)5)40-53-43(48)36-34-32-30-28-15-13-11-9-7-2/h8,10,14,16,18-19,21-22,24-25,27,29,42,46H,6-7,9,11-13,15,17,20,23,26,28,30-41H2,1-5H3/b10-8-,16-14-,19-18-,22-21-,25-24-,29-27-. The fourth-order valence-corrected chi connectivity index (χ4v) is 5.18. The van der Waals surface area contributed by atoms with Crippen LogP contribution < -0.4 is 5.11 Å². The molecule has 0 bridgehead atoms. The monoisotopic (exact) mass is 772 g/mol. The van der Waals surface area contributed by atoms with Crippen molar-refractivity contribution in [3.05, 3.63) is 72.9 Å². The van der Waals surface area contributed by atoms with Crippen LogP contribution in [0.25, 0.3) is 0 Å². The number of hydrogen-bond acceptors (Lipinski definition) is 8. The molecule has 0 heterocycles. The van der Waals surface area contributed by atoms with E-state index in [9.17, 15) is 19.5 Å². The molecule has 0 fully saturated rings. The Hall–Kier alpha value is -3.27. The van der Waals surface area contributed by atoms with E-state index in [2.05, 4.69) is 86.8 Å². The molecule has 0 rings (SSSR count). The van der Waals surface area contributed by atoms with E-state index in [1.54, 1.807) is 0 Å². The zero-order valence-electron chi connectivity index (χ0n) is 35.3. The van der Waals surface area contributed by atoms with E-state index in [0.717, 1.165) is 70.6 Å². The maximum Gasteiger partial charge on any atom is 0.306 e. The molecule has 0 aliphatic rings. The van der Waals surface area contributed by atoms with Gasteiger partial charge in [-0.1, -0.05) is 138 Å². The van der Waals surface area contributed by atoms with Gasteiger partial charge in [0, 0.05) is 12.8 Å². The minimum Gasteiger partial charge on any atom is -0.545 e. The molecule has 2 atom stereocenters. The molecule has 0 saturated heterocycles. The lowest BCUT2D eigenvalue weighted by molar-refractivity contribution is -0.870. The normalized spacial score (nSPS) is 13.7. The van der Waals surface area contributed by atoms with E-state index in [-0.39, 0.29) is 38.6 Å². The summed E-state index contributed by atoms with van der Waals surface area (Å²) in [6.07, 6.45) is 42.3. The van der Waals surface area contributed by atoms with Crippen LogP contribution in [0.1, 0.15) is 142 Å². The molecule has 0 aromatic heterocycles. The average molecular weight is 772 g/mol. The second-order valence-electron chi connectivity index (χ2n) is 14.9. The Morgan fingerprint density at radius 1 is 0.564 bits per heavy atom. The minimum absolute atomic E-state index is 0.136. The van der Waals surface area contributed by atoms with Gasteiger partial charge in [-0.3, -0.25) is 9.59 Å². The van der Waals surface area contributed by atoms with E-state index in [0.29, 0.717) is 17.4 Å². The number of allylic oxidation sites excluding steroid dienone is 12. The van der Waals surface area contributed by atoms with Crippen LogP contribution in [0.15, 0.2) is 72.9 Å². The van der Waals surface area contributed by atoms with Crippen LogP contribution >= 0.6 is 0 Å². The van der Waals surface area contributed by atoms with E-state index < -0.39 is 24.3 Å². The summed E-state index contributed by atoms with van der Waals surface area (Å²) in [5, 5.41) is 11.6. The molecule has 55 heavy (non-hydrogen) atoms. The van der Waals surface area contributed by atoms with Crippen molar-refractivity contribution in [2.24, 2.45) is 0 Å². The number of hydrogen-bond donors (Lipinski definition) is 0. The summed E-state index contributed by atoms with van der Waals surface area (Å²) in [6, 6.07) is 0. The first kappa shape index (κ1) is 51.7. The SMILES string of the molecule is CC/C=C\C/C=C\C/C=C\C/C=C\C/C=C\C/C=C\CCCCC(=O)OC(COC(=O)CCCCCCCCCCC)COC(OCC[N+](C)(C)C)C(=O)[O-]. The largest absolute Gasteiger partial charge is 0.545 e. The molecule has 0 aromatic rings. The number of aliphatic carboxylic acids is 1. The third-order valence-corrected chi connectivity index (χ3v) is 8.47. The predicted molar refractivity (Wildman–Crippen MR) is 223 cm³/mol. The number of unbranched alkanes of at least 4 members (excludes halogenated alkanes) is 10. The van der Waals surface area contributed by atoms with Crippen molar-refractivity contribution in [1.82, 2.24) is 0 Å². The Labute approximate surface area is 335 Å². The van der Waals surface area contributed by atoms with Crippen molar-refractivity contribution in [2.45, 2.75) is 155 Å². The molecule has 9 nitrogen and oxygen atoms in total. The van der Waals surface area contributed by atoms with Crippen LogP contribution in [0.5, 0.6) is 0 Å². The number of carboxylic acid groups (broad SMARTS) is 1. The van der Waals surface area contributed by atoms with Gasteiger partial charge in [0.2, 0.25) is 0 Å². The van der Waals surface area contributed by atoms with Crippen LogP contribution in [0.4, 0.5) is 0 Å². The number of nitrogens with zero attached hydrogens (tertiary/aromatic N) is 1. The highest BCUT2D eigenvalue weighted by molar-refractivity contribution is 5.70. The quantitative estimate of drug-likeness (QED) is 0.0202. The maximum absolute atomic E-state index is 12.7. The van der Waals surface area contributed by atoms with Crippen LogP contribution in [0.3, 0.4) is 0 Å². The molecule has 0 radical (unpaired) electrons. The van der Waals surface area contributed by atoms with Gasteiger partial charge in [-0.15, -0.1) is 0 Å². The van der Waals surface area contributed by atoms with Gasteiger partial charge in [0.1, 0.15) is 13.2 Å². The van der Waals surface area contributed by atoms with E-state index in [1.165, 1.54) is 38.5 Å². The van der Waals surface area contributed by atoms with E-state index in [1.807, 2.05) is 21.1 Å². The number of carboxylic acids is 1. The van der Waals surface area contributed by atoms with Gasteiger partial charge in [-0.05, 0) is 64.2 Å². The Morgan fingerprint density at radius 2 is 1.04 bits per heavy atom. The second kappa shape index (κ2) is 37.6. The molecule has 0 aliphatic carbocycles. The summed E-state index contributed by atoms with van der Waals surface area (Å²) in [4.78, 5) is 36.8. The third-order valence-electron chi connectivity index (χ3n) is 8.47. The highest BCUT2D eigenvalue weighted by Gasteiger charge is 2.21. The van der Waals surface area contributed by atoms with E-state index in [4.69, 9.17) is 18.9 Å². The van der Waals surface area contributed by atoms with Gasteiger partial charge in [0.05, 0.1) is 40.3 Å². The molecular formula is C46H77NO8. The Morgan fingerprint density at radius 3 is 1.55 bits per heavy atom. The van der Waals surface area contributed by atoms with Crippen molar-refractivity contribution >= 4 is 17.9 Å². The lowest BCUT2D eigenvalue weighted by Crippen LogP contribution is -2.44. The second-order valence-corrected chi connectivity index (χ2v) is 14.9. The van der Waals surface area contributed by atoms with Crippen molar-refractivity contribution in [3.63, 3.8) is 0 Å². The predicted octanol–water partition coefficient (Wildman–Crippen LogP) is 9.44. The first-order chi connectivity index (χ1) is 26.6. The van der Waals surface area contributed by atoms with E-state index >= 15 is 0 Å². The number of quaternary nitrogens is 1. The number of ether oxygens (including phenoxy) is 4. The fourth-order valence-electron chi connectivity index (χ4n) is 5.18. The summed E-state index contributed by atoms with van der Waals surface area (Å²) < 4.78 is 22.4. The molecule has 0 amide bonds. The minimum atomic E-state index is -1.63. The molecule has 314 valence electrons. The molecule has 0 saturated carbocycles. The Bertz CT molecular complexity index is 1130. The number of rotatable bonds is 37. The van der Waals surface area contributed by atoms with Gasteiger partial charge in [0.25, 0.3) is 0 Å². The summed E-state index contributed by atoms with van der Waals surface area (Å²) in [7, 11) is 5.88. The summed E-state index contributed by atoms with van der Waals surface area (Å²) >= 11 is 0. The van der Waals surface area contributed by atoms with Crippen molar-refractivity contribution in [1.29, 1.82) is 0 Å². The number of esters is 2. The smallest absolute Gasteiger partial charge is 0.306 e. The van der Waals surface area contributed by atoms with Gasteiger partial charge in [0.15, 0.2) is 12.4 Å². The van der Waals surface area contributed by atoms with Gasteiger partial charge in [-0.25, -0.2) is 0 Å². The number of likely N-dealkylation sites (N-methyl/N-ethyl adjacent to an activating group) is 1. The third kappa shape index (κ3) is 38.8. The highest BCUT2D eigenvalue weighted by atomic mass is 16.7. The van der Waals surface area contributed by atoms with Crippen molar-refractivity contribution < 1.29 is 42.9 Å². The Kier molecular flexibility index (Phi) is 35.4. The van der Waals surface area contributed by atoms with Crippen LogP contribution in [0, 0.1) is 0 Å². The van der Waals surface area contributed by atoms with Crippen molar-refractivity contribution in [2.75, 3.05) is 47.5 Å². The fraction of sp³-hybridized carbons (Fsp3) is 0.674. The first-order valence-electron chi connectivity index (χ1n) is 21.1. The molecule has 0 aromatic carbocycles. The number of carbonyl (C=O) groups excluding carboxylic acids is 3. The van der Waals surface area contributed by atoms with Gasteiger partial charge in [-0.2, -0.15) is 0 Å². The average Bonchev–Trinajstić information content (AvgIpc) is 3.14. The van der Waals surface area contributed by atoms with Crippen LogP contribution in [-0.4, -0.2) is 82.3 Å². The van der Waals surface area contributed by atoms with Crippen LogP contribution in [0.2, 0.25) is 0 Å². The molecule has 2 unspecified atom stereocenters.